The van der Waals surface area contributed by atoms with Crippen LogP contribution in [0.2, 0.25) is 0 Å². The molecule has 0 aliphatic heterocycles. The average molecular weight is 580 g/mol. The zero-order valence-corrected chi connectivity index (χ0v) is 25.0. The Kier molecular flexibility index (Phi) is 9.54. The lowest BCUT2D eigenvalue weighted by Crippen LogP contribution is -2.28. The molecule has 1 heterocycles. The van der Waals surface area contributed by atoms with Crippen molar-refractivity contribution in [3.05, 3.63) is 71.3 Å². The lowest BCUT2D eigenvalue weighted by atomic mass is 10.1. The van der Waals surface area contributed by atoms with Crippen LogP contribution in [0.4, 0.5) is 5.69 Å². The number of benzene rings is 3. The predicted octanol–water partition coefficient (Wildman–Crippen LogP) is 6.63. The molecular formula is C30H33N3O5S2. The summed E-state index contributed by atoms with van der Waals surface area (Å²) in [6.07, 6.45) is 0.00886. The van der Waals surface area contributed by atoms with Crippen molar-refractivity contribution in [3.63, 3.8) is 0 Å². The van der Waals surface area contributed by atoms with Gasteiger partial charge in [0.15, 0.2) is 4.34 Å². The number of amides is 2. The minimum Gasteiger partial charge on any atom is -0.497 e. The van der Waals surface area contributed by atoms with Crippen molar-refractivity contribution in [2.24, 2.45) is 0 Å². The molecule has 8 nitrogen and oxygen atoms in total. The summed E-state index contributed by atoms with van der Waals surface area (Å²) in [5, 5.41) is 5.98. The standard InChI is InChI=1S/C30H33N3O5S2/c1-17(2)38-25-14-12-23(28(37-6)18(25)3)29(35)32-21-9-13-24-26(15-21)40-30(33-24)39-16-27(34)31-19(4)20-7-10-22(36-5)11-8-20/h7-15,17,19H,16H2,1-6H3,(H,31,34)(H,32,35)/t19-/m0/s1. The third kappa shape index (κ3) is 7.05. The van der Waals surface area contributed by atoms with Crippen molar-refractivity contribution >= 4 is 50.8 Å². The number of carbonyl (C=O) groups excluding carboxylic acids is 2. The van der Waals surface area contributed by atoms with E-state index in [0.717, 1.165) is 31.4 Å². The Balaban J connectivity index is 1.38. The van der Waals surface area contributed by atoms with Gasteiger partial charge in [-0.1, -0.05) is 23.9 Å². The zero-order chi connectivity index (χ0) is 28.8. The van der Waals surface area contributed by atoms with Crippen LogP contribution >= 0.6 is 23.1 Å². The Morgan fingerprint density at radius 2 is 1.75 bits per heavy atom. The molecule has 0 radical (unpaired) electrons. The minimum absolute atomic E-state index is 0.00886. The summed E-state index contributed by atoms with van der Waals surface area (Å²) in [7, 11) is 3.17. The Morgan fingerprint density at radius 1 is 1.00 bits per heavy atom. The molecule has 1 aromatic heterocycles. The molecule has 0 aliphatic rings. The third-order valence-corrected chi connectivity index (χ3v) is 8.28. The molecule has 2 amide bonds. The number of nitrogens with zero attached hydrogens (tertiary/aromatic N) is 1. The van der Waals surface area contributed by atoms with Crippen LogP contribution in [-0.2, 0) is 4.79 Å². The van der Waals surface area contributed by atoms with Gasteiger partial charge in [-0.25, -0.2) is 4.98 Å². The van der Waals surface area contributed by atoms with Crippen LogP contribution in [0.25, 0.3) is 10.2 Å². The van der Waals surface area contributed by atoms with Gasteiger partial charge in [0.2, 0.25) is 5.91 Å². The first-order valence-electron chi connectivity index (χ1n) is 12.8. The van der Waals surface area contributed by atoms with Crippen molar-refractivity contribution in [3.8, 4) is 17.2 Å². The van der Waals surface area contributed by atoms with Crippen LogP contribution in [-0.4, -0.2) is 42.9 Å². The first-order chi connectivity index (χ1) is 19.2. The maximum Gasteiger partial charge on any atom is 0.259 e. The van der Waals surface area contributed by atoms with Gasteiger partial charge < -0.3 is 24.8 Å². The number of fused-ring (bicyclic) bond motifs is 1. The highest BCUT2D eigenvalue weighted by molar-refractivity contribution is 8.01. The van der Waals surface area contributed by atoms with E-state index in [2.05, 4.69) is 15.6 Å². The van der Waals surface area contributed by atoms with E-state index in [1.165, 1.54) is 23.1 Å². The van der Waals surface area contributed by atoms with Crippen LogP contribution in [0, 0.1) is 6.92 Å². The van der Waals surface area contributed by atoms with E-state index < -0.39 is 0 Å². The van der Waals surface area contributed by atoms with Crippen LogP contribution in [0.5, 0.6) is 17.2 Å². The van der Waals surface area contributed by atoms with Crippen molar-refractivity contribution in [1.82, 2.24) is 10.3 Å². The number of nitrogens with one attached hydrogen (secondary N) is 2. The smallest absolute Gasteiger partial charge is 0.259 e. The molecule has 40 heavy (non-hydrogen) atoms. The number of thiazole rings is 1. The Hall–Kier alpha value is -3.76. The fourth-order valence-electron chi connectivity index (χ4n) is 4.12. The molecule has 1 atom stereocenters. The fraction of sp³-hybridized carbons (Fsp3) is 0.300. The molecule has 0 saturated heterocycles. The molecule has 0 bridgehead atoms. The number of carbonyl (C=O) groups is 2. The molecule has 0 aliphatic carbocycles. The van der Waals surface area contributed by atoms with Gasteiger partial charge in [-0.15, -0.1) is 11.3 Å². The summed E-state index contributed by atoms with van der Waals surface area (Å²) in [6, 6.07) is 16.6. The average Bonchev–Trinajstić information content (AvgIpc) is 3.35. The predicted molar refractivity (Wildman–Crippen MR) is 161 cm³/mol. The van der Waals surface area contributed by atoms with Gasteiger partial charge in [0.25, 0.3) is 5.91 Å². The molecule has 0 spiro atoms. The third-order valence-electron chi connectivity index (χ3n) is 6.11. The molecule has 4 rings (SSSR count). The molecule has 3 aromatic carbocycles. The lowest BCUT2D eigenvalue weighted by Gasteiger charge is -2.17. The molecule has 4 aromatic rings. The topological polar surface area (TPSA) is 98.8 Å². The van der Waals surface area contributed by atoms with E-state index in [-0.39, 0.29) is 29.7 Å². The molecule has 0 unspecified atom stereocenters. The minimum atomic E-state index is -0.280. The van der Waals surface area contributed by atoms with E-state index in [1.54, 1.807) is 26.4 Å². The van der Waals surface area contributed by atoms with Gasteiger partial charge in [-0.05, 0) is 75.7 Å². The molecule has 210 valence electrons. The monoisotopic (exact) mass is 579 g/mol. The van der Waals surface area contributed by atoms with Crippen LogP contribution in [0.3, 0.4) is 0 Å². The lowest BCUT2D eigenvalue weighted by molar-refractivity contribution is -0.119. The second-order valence-corrected chi connectivity index (χ2v) is 11.7. The summed E-state index contributed by atoms with van der Waals surface area (Å²) in [4.78, 5) is 30.3. The summed E-state index contributed by atoms with van der Waals surface area (Å²) in [5.41, 5.74) is 3.64. The van der Waals surface area contributed by atoms with Gasteiger partial charge in [0.05, 0.1) is 47.9 Å². The van der Waals surface area contributed by atoms with E-state index in [9.17, 15) is 9.59 Å². The largest absolute Gasteiger partial charge is 0.497 e. The number of anilines is 1. The van der Waals surface area contributed by atoms with Crippen LogP contribution in [0.15, 0.2) is 58.9 Å². The molecule has 0 saturated carbocycles. The van der Waals surface area contributed by atoms with Gasteiger partial charge in [0, 0.05) is 11.3 Å². The summed E-state index contributed by atoms with van der Waals surface area (Å²) in [6.45, 7) is 7.72. The first-order valence-corrected chi connectivity index (χ1v) is 14.6. The molecule has 0 fully saturated rings. The fourth-order valence-corrected chi connectivity index (χ4v) is 6.04. The Bertz CT molecular complexity index is 1500. The second-order valence-electron chi connectivity index (χ2n) is 9.40. The number of hydrogen-bond donors (Lipinski definition) is 2. The number of thioether (sulfide) groups is 1. The second kappa shape index (κ2) is 13.1. The highest BCUT2D eigenvalue weighted by atomic mass is 32.2. The molecular weight excluding hydrogens is 546 g/mol. The summed E-state index contributed by atoms with van der Waals surface area (Å²) in [5.74, 6) is 1.83. The zero-order valence-electron chi connectivity index (χ0n) is 23.4. The Labute approximate surface area is 242 Å². The summed E-state index contributed by atoms with van der Waals surface area (Å²) >= 11 is 2.86. The first kappa shape index (κ1) is 29.2. The maximum atomic E-state index is 13.1. The van der Waals surface area contributed by atoms with E-state index >= 15 is 0 Å². The summed E-state index contributed by atoms with van der Waals surface area (Å²) < 4.78 is 18.3. The van der Waals surface area contributed by atoms with Crippen molar-refractivity contribution < 1.29 is 23.8 Å². The SMILES string of the molecule is COc1ccc([C@H](C)NC(=O)CSc2nc3ccc(NC(=O)c4ccc(OC(C)C)c(C)c4OC)cc3s2)cc1. The maximum absolute atomic E-state index is 13.1. The number of rotatable bonds is 11. The molecule has 10 heteroatoms. The van der Waals surface area contributed by atoms with E-state index in [1.807, 2.05) is 70.2 Å². The number of aromatic nitrogens is 1. The van der Waals surface area contributed by atoms with E-state index in [4.69, 9.17) is 14.2 Å². The number of ether oxygens (including phenoxy) is 3. The highest BCUT2D eigenvalue weighted by Gasteiger charge is 2.19. The van der Waals surface area contributed by atoms with Gasteiger partial charge >= 0.3 is 0 Å². The highest BCUT2D eigenvalue weighted by Crippen LogP contribution is 2.34. The van der Waals surface area contributed by atoms with Crippen molar-refractivity contribution in [2.45, 2.75) is 44.2 Å². The van der Waals surface area contributed by atoms with E-state index in [0.29, 0.717) is 22.7 Å². The Morgan fingerprint density at radius 3 is 2.42 bits per heavy atom. The van der Waals surface area contributed by atoms with Crippen LogP contribution in [0.1, 0.15) is 48.3 Å². The van der Waals surface area contributed by atoms with Gasteiger partial charge in [-0.3, -0.25) is 9.59 Å². The number of methoxy groups -OCH3 is 2. The van der Waals surface area contributed by atoms with Crippen molar-refractivity contribution in [2.75, 3.05) is 25.3 Å². The normalized spacial score (nSPS) is 11.8. The van der Waals surface area contributed by atoms with Gasteiger partial charge in [0.1, 0.15) is 17.2 Å². The number of hydrogen-bond acceptors (Lipinski definition) is 8. The van der Waals surface area contributed by atoms with Gasteiger partial charge in [-0.2, -0.15) is 0 Å². The van der Waals surface area contributed by atoms with Crippen LogP contribution < -0.4 is 24.8 Å². The van der Waals surface area contributed by atoms with Crippen molar-refractivity contribution in [1.29, 1.82) is 0 Å². The quantitative estimate of drug-likeness (QED) is 0.192. The molecule has 2 N–H and O–H groups in total.